The molecule has 0 aliphatic heterocycles. The lowest BCUT2D eigenvalue weighted by atomic mass is 10.1. The van der Waals surface area contributed by atoms with Crippen molar-refractivity contribution in [3.05, 3.63) is 0 Å². The van der Waals surface area contributed by atoms with Crippen LogP contribution in [0.5, 0.6) is 0 Å². The van der Waals surface area contributed by atoms with Crippen LogP contribution in [0.25, 0.3) is 0 Å². The van der Waals surface area contributed by atoms with E-state index in [0.717, 1.165) is 0 Å². The van der Waals surface area contributed by atoms with Gasteiger partial charge in [0.05, 0.1) is 6.42 Å². The van der Waals surface area contributed by atoms with Crippen LogP contribution < -0.4 is 16.4 Å². The van der Waals surface area contributed by atoms with Crippen molar-refractivity contribution in [3.63, 3.8) is 0 Å². The van der Waals surface area contributed by atoms with Crippen molar-refractivity contribution in [1.29, 1.82) is 0 Å². The first-order chi connectivity index (χ1) is 9.42. The Bertz CT molecular complexity index is 435. The molecule has 0 heterocycles. The second kappa shape index (κ2) is 9.08. The molecule has 0 spiro atoms. The lowest BCUT2D eigenvalue weighted by Crippen LogP contribution is -2.52. The zero-order valence-electron chi connectivity index (χ0n) is 12.8. The van der Waals surface area contributed by atoms with Crippen LogP contribution in [-0.4, -0.2) is 46.7 Å². The number of rotatable bonds is 6. The van der Waals surface area contributed by atoms with Crippen LogP contribution in [-0.2, 0) is 19.1 Å². The molecule has 22 heavy (non-hydrogen) atoms. The molecule has 0 rings (SSSR count). The summed E-state index contributed by atoms with van der Waals surface area (Å²) in [6.07, 6.45) is -1.39. The second-order valence-electron chi connectivity index (χ2n) is 5.44. The van der Waals surface area contributed by atoms with E-state index in [1.165, 1.54) is 6.92 Å². The van der Waals surface area contributed by atoms with E-state index in [0.29, 0.717) is 0 Å². The maximum absolute atomic E-state index is 11.8. The summed E-state index contributed by atoms with van der Waals surface area (Å²) in [5.74, 6) is -2.91. The molecule has 0 unspecified atom stereocenters. The minimum absolute atomic E-state index is 0. The van der Waals surface area contributed by atoms with Gasteiger partial charge in [0.15, 0.2) is 0 Å². The normalized spacial score (nSPS) is 13.1. The summed E-state index contributed by atoms with van der Waals surface area (Å²) in [7, 11) is 0. The van der Waals surface area contributed by atoms with Gasteiger partial charge in [-0.05, 0) is 27.7 Å². The highest BCUT2D eigenvalue weighted by atomic mass is 35.5. The highest BCUT2D eigenvalue weighted by Crippen LogP contribution is 2.07. The lowest BCUT2D eigenvalue weighted by Gasteiger charge is -2.23. The number of hydrogen-bond donors (Lipinski definition) is 4. The van der Waals surface area contributed by atoms with Gasteiger partial charge in [-0.3, -0.25) is 14.4 Å². The zero-order chi connectivity index (χ0) is 16.8. The average molecular weight is 340 g/mol. The summed E-state index contributed by atoms with van der Waals surface area (Å²) in [5.41, 5.74) is 4.21. The smallest absolute Gasteiger partial charge is 0.408 e. The lowest BCUT2D eigenvalue weighted by molar-refractivity contribution is -0.141. The van der Waals surface area contributed by atoms with Crippen LogP contribution in [0.3, 0.4) is 0 Å². The fraction of sp³-hybridized carbons (Fsp3) is 0.667. The first kappa shape index (κ1) is 22.3. The molecule has 0 saturated heterocycles. The van der Waals surface area contributed by atoms with E-state index in [2.05, 4.69) is 10.6 Å². The number of ether oxygens (including phenoxy) is 1. The largest absolute Gasteiger partial charge is 0.480 e. The monoisotopic (exact) mass is 339 g/mol. The molecule has 2 atom stereocenters. The van der Waals surface area contributed by atoms with Gasteiger partial charge in [0, 0.05) is 0 Å². The Labute approximate surface area is 134 Å². The predicted molar refractivity (Wildman–Crippen MR) is 79.5 cm³/mol. The van der Waals surface area contributed by atoms with Crippen molar-refractivity contribution in [2.24, 2.45) is 5.73 Å². The molecule has 9 nitrogen and oxygen atoms in total. The molecule has 0 aromatic rings. The molecule has 0 aliphatic rings. The molecule has 0 aromatic heterocycles. The van der Waals surface area contributed by atoms with E-state index in [1.807, 2.05) is 0 Å². The van der Waals surface area contributed by atoms with Crippen molar-refractivity contribution in [1.82, 2.24) is 10.6 Å². The Morgan fingerprint density at radius 3 is 2.05 bits per heavy atom. The standard InChI is InChI=1S/C12H21N3O6.ClH/c1-6(10(18)19)14-9(17)7(5-8(13)16)15-11(20)21-12(2,3)4;/h6-7H,5H2,1-4H3,(H2,13,16)(H,14,17)(H,15,20)(H,18,19);1H/t6-,7+;/m0./s1. The molecule has 0 saturated carbocycles. The molecule has 0 aromatic carbocycles. The van der Waals surface area contributed by atoms with Gasteiger partial charge < -0.3 is 26.2 Å². The number of nitrogens with two attached hydrogens (primary N) is 1. The second-order valence-corrected chi connectivity index (χ2v) is 5.44. The van der Waals surface area contributed by atoms with Crippen molar-refractivity contribution in [2.75, 3.05) is 0 Å². The molecule has 0 radical (unpaired) electrons. The van der Waals surface area contributed by atoms with Gasteiger partial charge in [-0.1, -0.05) is 0 Å². The SMILES string of the molecule is C[C@H](NC(=O)[C@@H](CC(N)=O)NC(=O)OC(C)(C)C)C(=O)O.Cl. The Morgan fingerprint density at radius 2 is 1.68 bits per heavy atom. The number of carbonyl (C=O) groups excluding carboxylic acids is 3. The molecular formula is C12H22ClN3O6. The Hall–Kier alpha value is -2.03. The zero-order valence-corrected chi connectivity index (χ0v) is 13.7. The number of alkyl carbamates (subject to hydrolysis) is 1. The van der Waals surface area contributed by atoms with Gasteiger partial charge in [-0.15, -0.1) is 12.4 Å². The van der Waals surface area contributed by atoms with Crippen molar-refractivity contribution < 1.29 is 29.0 Å². The van der Waals surface area contributed by atoms with E-state index in [1.54, 1.807) is 20.8 Å². The Kier molecular flexibility index (Phi) is 9.19. The highest BCUT2D eigenvalue weighted by molar-refractivity contribution is 5.92. The van der Waals surface area contributed by atoms with Crippen molar-refractivity contribution >= 4 is 36.3 Å². The average Bonchev–Trinajstić information content (AvgIpc) is 2.24. The number of carboxylic acids is 1. The fourth-order valence-corrected chi connectivity index (χ4v) is 1.24. The Balaban J connectivity index is 0. The predicted octanol–water partition coefficient (Wildman–Crippen LogP) is -0.234. The molecular weight excluding hydrogens is 318 g/mol. The molecule has 0 bridgehead atoms. The number of carboxylic acid groups (broad SMARTS) is 1. The van der Waals surface area contributed by atoms with Gasteiger partial charge in [0.1, 0.15) is 17.7 Å². The van der Waals surface area contributed by atoms with Crippen LogP contribution >= 0.6 is 12.4 Å². The van der Waals surface area contributed by atoms with Crippen molar-refractivity contribution in [3.8, 4) is 0 Å². The molecule has 5 N–H and O–H groups in total. The van der Waals surface area contributed by atoms with E-state index in [9.17, 15) is 19.2 Å². The van der Waals surface area contributed by atoms with E-state index >= 15 is 0 Å². The highest BCUT2D eigenvalue weighted by Gasteiger charge is 2.27. The van der Waals surface area contributed by atoms with E-state index < -0.39 is 48.0 Å². The van der Waals surface area contributed by atoms with E-state index in [4.69, 9.17) is 15.6 Å². The summed E-state index contributed by atoms with van der Waals surface area (Å²) in [6, 6.07) is -2.48. The third kappa shape index (κ3) is 9.81. The van der Waals surface area contributed by atoms with Crippen molar-refractivity contribution in [2.45, 2.75) is 51.8 Å². The topological polar surface area (TPSA) is 148 Å². The van der Waals surface area contributed by atoms with Crippen LogP contribution in [0, 0.1) is 0 Å². The molecule has 128 valence electrons. The minimum Gasteiger partial charge on any atom is -0.480 e. The number of aliphatic carboxylic acids is 1. The maximum Gasteiger partial charge on any atom is 0.408 e. The van der Waals surface area contributed by atoms with Gasteiger partial charge in [0.25, 0.3) is 0 Å². The van der Waals surface area contributed by atoms with Gasteiger partial charge in [-0.25, -0.2) is 4.79 Å². The summed E-state index contributed by atoms with van der Waals surface area (Å²) in [6.45, 7) is 6.13. The van der Waals surface area contributed by atoms with Crippen LogP contribution in [0.2, 0.25) is 0 Å². The summed E-state index contributed by atoms with van der Waals surface area (Å²) in [4.78, 5) is 45.0. The molecule has 10 heteroatoms. The van der Waals surface area contributed by atoms with Gasteiger partial charge in [0.2, 0.25) is 11.8 Å². The number of halogens is 1. The quantitative estimate of drug-likeness (QED) is 0.525. The fourth-order valence-electron chi connectivity index (χ4n) is 1.24. The van der Waals surface area contributed by atoms with E-state index in [-0.39, 0.29) is 12.4 Å². The van der Waals surface area contributed by atoms with Crippen LogP contribution in [0.4, 0.5) is 4.79 Å². The number of carbonyl (C=O) groups is 4. The number of primary amides is 1. The minimum atomic E-state index is -1.31. The number of amides is 3. The molecule has 3 amide bonds. The first-order valence-electron chi connectivity index (χ1n) is 6.23. The summed E-state index contributed by atoms with van der Waals surface area (Å²) < 4.78 is 4.95. The summed E-state index contributed by atoms with van der Waals surface area (Å²) in [5, 5.41) is 13.0. The third-order valence-electron chi connectivity index (χ3n) is 2.14. The van der Waals surface area contributed by atoms with Gasteiger partial charge in [-0.2, -0.15) is 0 Å². The van der Waals surface area contributed by atoms with Crippen LogP contribution in [0.1, 0.15) is 34.1 Å². The van der Waals surface area contributed by atoms with Crippen LogP contribution in [0.15, 0.2) is 0 Å². The molecule has 0 aliphatic carbocycles. The third-order valence-corrected chi connectivity index (χ3v) is 2.14. The molecule has 0 fully saturated rings. The Morgan fingerprint density at radius 1 is 1.18 bits per heavy atom. The van der Waals surface area contributed by atoms with Gasteiger partial charge >= 0.3 is 12.1 Å². The first-order valence-corrected chi connectivity index (χ1v) is 6.23. The number of hydrogen-bond acceptors (Lipinski definition) is 5. The summed E-state index contributed by atoms with van der Waals surface area (Å²) >= 11 is 0. The maximum atomic E-state index is 11.8. The number of nitrogens with one attached hydrogen (secondary N) is 2.